The van der Waals surface area contributed by atoms with Gasteiger partial charge in [-0.2, -0.15) is 0 Å². The topological polar surface area (TPSA) is 68.3 Å². The molecular formula is C7H4O4. The van der Waals surface area contributed by atoms with Crippen LogP contribution in [0.2, 0.25) is 0 Å². The highest BCUT2D eigenvalue weighted by Gasteiger charge is 2.16. The molecule has 0 atom stereocenters. The highest BCUT2D eigenvalue weighted by Crippen LogP contribution is 2.03. The number of hydrogen-bond acceptors (Lipinski definition) is 4. The van der Waals surface area contributed by atoms with Gasteiger partial charge in [0.15, 0.2) is 0 Å². The van der Waals surface area contributed by atoms with E-state index in [1.54, 1.807) is 0 Å². The Hall–Kier alpha value is -1.32. The molecule has 4 radical (unpaired) electrons. The second-order valence-electron chi connectivity index (χ2n) is 1.81. The maximum absolute atomic E-state index is 9.86. The molecule has 56 valence electrons. The van der Waals surface area contributed by atoms with E-state index >= 15 is 0 Å². The molecule has 0 aromatic rings. The van der Waals surface area contributed by atoms with Crippen LogP contribution in [-0.4, -0.2) is 25.1 Å². The normalized spacial score (nSPS) is 9.64. The molecule has 0 aromatic carbocycles. The summed E-state index contributed by atoms with van der Waals surface area (Å²) in [4.78, 5) is 39.4. The summed E-state index contributed by atoms with van der Waals surface area (Å²) in [7, 11) is 0. The molecule has 0 aliphatic carbocycles. The first-order valence-corrected chi connectivity index (χ1v) is 2.79. The van der Waals surface area contributed by atoms with E-state index < -0.39 is 11.8 Å². The van der Waals surface area contributed by atoms with E-state index in [0.29, 0.717) is 0 Å². The first-order chi connectivity index (χ1) is 5.28. The van der Waals surface area contributed by atoms with Gasteiger partial charge in [-0.15, -0.1) is 0 Å². The summed E-state index contributed by atoms with van der Waals surface area (Å²) < 4.78 is 0. The second-order valence-corrected chi connectivity index (χ2v) is 1.81. The molecule has 0 aromatic heterocycles. The fourth-order valence-electron chi connectivity index (χ4n) is 0.476. The van der Waals surface area contributed by atoms with E-state index in [9.17, 15) is 19.2 Å². The third-order valence-electron chi connectivity index (χ3n) is 1.04. The Labute approximate surface area is 63.6 Å². The molecule has 0 aliphatic rings. The standard InChI is InChI=1S/C7H4O4/c8-2-6(3-9)1-7(4-10)5-11/h6-7H,1H2. The fourth-order valence-corrected chi connectivity index (χ4v) is 0.476. The van der Waals surface area contributed by atoms with Gasteiger partial charge in [-0.25, -0.2) is 0 Å². The summed E-state index contributed by atoms with van der Waals surface area (Å²) >= 11 is 0. The molecule has 0 saturated carbocycles. The van der Waals surface area contributed by atoms with Crippen LogP contribution in [0.1, 0.15) is 6.42 Å². The predicted octanol–water partition coefficient (Wildman–Crippen LogP) is -0.952. The average Bonchev–Trinajstić information content (AvgIpc) is 2.07. The minimum atomic E-state index is -1.15. The number of rotatable bonds is 6. The number of carbonyl (C=O) groups excluding carboxylic acids is 4. The van der Waals surface area contributed by atoms with E-state index in [2.05, 4.69) is 0 Å². The van der Waals surface area contributed by atoms with Crippen molar-refractivity contribution in [1.82, 2.24) is 0 Å². The van der Waals surface area contributed by atoms with Crippen molar-refractivity contribution in [3.63, 3.8) is 0 Å². The van der Waals surface area contributed by atoms with Crippen LogP contribution >= 0.6 is 0 Å². The molecule has 0 aliphatic heterocycles. The Morgan fingerprint density at radius 3 is 1.18 bits per heavy atom. The van der Waals surface area contributed by atoms with E-state index in [4.69, 9.17) is 0 Å². The van der Waals surface area contributed by atoms with Crippen LogP contribution < -0.4 is 0 Å². The lowest BCUT2D eigenvalue weighted by Crippen LogP contribution is -2.13. The molecule has 0 rings (SSSR count). The van der Waals surface area contributed by atoms with Crippen molar-refractivity contribution < 1.29 is 19.2 Å². The van der Waals surface area contributed by atoms with Crippen molar-refractivity contribution >= 4 is 25.1 Å². The quantitative estimate of drug-likeness (QED) is 0.460. The lowest BCUT2D eigenvalue weighted by molar-refractivity contribution is 0.484. The Kier molecular flexibility index (Phi) is 4.81. The molecule has 4 nitrogen and oxygen atoms in total. The molecule has 0 N–H and O–H groups in total. The van der Waals surface area contributed by atoms with Crippen molar-refractivity contribution in [2.24, 2.45) is 11.8 Å². The SMILES string of the molecule is O=[C]C([C]=O)CC([C]=O)[C]=O. The van der Waals surface area contributed by atoms with Crippen LogP contribution in [0.5, 0.6) is 0 Å². The van der Waals surface area contributed by atoms with Crippen molar-refractivity contribution in [3.05, 3.63) is 0 Å². The molecule has 4 heteroatoms. The first-order valence-electron chi connectivity index (χ1n) is 2.79. The van der Waals surface area contributed by atoms with Gasteiger partial charge in [0, 0.05) is 0 Å². The van der Waals surface area contributed by atoms with Gasteiger partial charge in [0.25, 0.3) is 0 Å². The third kappa shape index (κ3) is 3.40. The highest BCUT2D eigenvalue weighted by atomic mass is 16.1. The van der Waals surface area contributed by atoms with Crippen molar-refractivity contribution in [1.29, 1.82) is 0 Å². The summed E-state index contributed by atoms with van der Waals surface area (Å²) in [6.45, 7) is 0. The van der Waals surface area contributed by atoms with Crippen LogP contribution in [0.25, 0.3) is 0 Å². The minimum Gasteiger partial charge on any atom is -0.290 e. The maximum Gasteiger partial charge on any atom is 0.210 e. The van der Waals surface area contributed by atoms with Gasteiger partial charge >= 0.3 is 0 Å². The van der Waals surface area contributed by atoms with Gasteiger partial charge in [-0.05, 0) is 6.42 Å². The zero-order chi connectivity index (χ0) is 8.69. The molecule has 0 unspecified atom stereocenters. The summed E-state index contributed by atoms with van der Waals surface area (Å²) in [5.41, 5.74) is 0. The lowest BCUT2D eigenvalue weighted by Gasteiger charge is -1.98. The molecular weight excluding hydrogens is 148 g/mol. The van der Waals surface area contributed by atoms with E-state index in [0.717, 1.165) is 0 Å². The summed E-state index contributed by atoms with van der Waals surface area (Å²) in [5.74, 6) is -2.30. The second kappa shape index (κ2) is 5.46. The van der Waals surface area contributed by atoms with Gasteiger partial charge in [-0.3, -0.25) is 19.2 Å². The highest BCUT2D eigenvalue weighted by molar-refractivity contribution is 5.83. The zero-order valence-corrected chi connectivity index (χ0v) is 5.49. The van der Waals surface area contributed by atoms with E-state index in [1.807, 2.05) is 0 Å². The predicted molar refractivity (Wildman–Crippen MR) is 34.4 cm³/mol. The van der Waals surface area contributed by atoms with Gasteiger partial charge in [0.1, 0.15) is 0 Å². The Balaban J connectivity index is 3.95. The van der Waals surface area contributed by atoms with Gasteiger partial charge < -0.3 is 0 Å². The molecule has 0 fully saturated rings. The van der Waals surface area contributed by atoms with Crippen molar-refractivity contribution in [2.45, 2.75) is 6.42 Å². The monoisotopic (exact) mass is 152 g/mol. The maximum atomic E-state index is 9.86. The minimum absolute atomic E-state index is 0.236. The Morgan fingerprint density at radius 1 is 0.727 bits per heavy atom. The smallest absolute Gasteiger partial charge is 0.210 e. The van der Waals surface area contributed by atoms with Crippen LogP contribution in [0.15, 0.2) is 0 Å². The molecule has 0 saturated heterocycles. The van der Waals surface area contributed by atoms with Crippen LogP contribution in [0.4, 0.5) is 0 Å². The van der Waals surface area contributed by atoms with Gasteiger partial charge in [-0.1, -0.05) is 0 Å². The molecule has 0 spiro atoms. The zero-order valence-electron chi connectivity index (χ0n) is 5.49. The molecule has 0 heterocycles. The Bertz CT molecular complexity index is 130. The van der Waals surface area contributed by atoms with Crippen LogP contribution in [0.3, 0.4) is 0 Å². The molecule has 0 amide bonds. The van der Waals surface area contributed by atoms with Crippen molar-refractivity contribution in [3.8, 4) is 0 Å². The summed E-state index contributed by atoms with van der Waals surface area (Å²) in [5, 5.41) is 0. The summed E-state index contributed by atoms with van der Waals surface area (Å²) in [6.07, 6.45) is 5.04. The summed E-state index contributed by atoms with van der Waals surface area (Å²) in [6, 6.07) is 0. The molecule has 0 bridgehead atoms. The van der Waals surface area contributed by atoms with E-state index in [1.165, 1.54) is 25.1 Å². The van der Waals surface area contributed by atoms with Gasteiger partial charge in [0.2, 0.25) is 25.1 Å². The van der Waals surface area contributed by atoms with Crippen molar-refractivity contribution in [2.75, 3.05) is 0 Å². The van der Waals surface area contributed by atoms with E-state index in [-0.39, 0.29) is 6.42 Å². The first kappa shape index (κ1) is 9.68. The van der Waals surface area contributed by atoms with Crippen LogP contribution in [-0.2, 0) is 19.2 Å². The lowest BCUT2D eigenvalue weighted by atomic mass is 9.99. The fraction of sp³-hybridized carbons (Fsp3) is 0.429. The largest absolute Gasteiger partial charge is 0.290 e. The van der Waals surface area contributed by atoms with Crippen LogP contribution in [0, 0.1) is 11.8 Å². The molecule has 11 heavy (non-hydrogen) atoms. The number of hydrogen-bond donors (Lipinski definition) is 0. The van der Waals surface area contributed by atoms with Gasteiger partial charge in [0.05, 0.1) is 11.8 Å². The Morgan fingerprint density at radius 2 is 1.00 bits per heavy atom. The average molecular weight is 152 g/mol. The third-order valence-corrected chi connectivity index (χ3v) is 1.04.